The molecule has 0 radical (unpaired) electrons. The summed E-state index contributed by atoms with van der Waals surface area (Å²) in [6, 6.07) is 1.58. The number of nitrogens with two attached hydrogens (primary N) is 1. The molecule has 0 fully saturated rings. The molecule has 0 aliphatic heterocycles. The molecule has 0 aromatic carbocycles. The maximum atomic E-state index is 9.38. The second-order valence-electron chi connectivity index (χ2n) is 2.93. The molecule has 2 unspecified atom stereocenters. The highest BCUT2D eigenvalue weighted by Crippen LogP contribution is 2.28. The van der Waals surface area contributed by atoms with Crippen molar-refractivity contribution in [2.45, 2.75) is 25.0 Å². The lowest BCUT2D eigenvalue weighted by Gasteiger charge is -2.23. The summed E-state index contributed by atoms with van der Waals surface area (Å²) in [5.41, 5.74) is 6.69. The molecule has 0 spiro atoms. The van der Waals surface area contributed by atoms with Crippen molar-refractivity contribution in [3.8, 4) is 0 Å². The molecule has 0 amide bonds. The summed E-state index contributed by atoms with van der Waals surface area (Å²) in [6.07, 6.45) is 2.74. The van der Waals surface area contributed by atoms with Crippen LogP contribution in [-0.4, -0.2) is 11.2 Å². The molecule has 3 heteroatoms. The topological polar surface area (TPSA) is 59.4 Å². The van der Waals surface area contributed by atoms with Crippen LogP contribution in [0.3, 0.4) is 0 Å². The van der Waals surface area contributed by atoms with Gasteiger partial charge in [0.25, 0.3) is 0 Å². The van der Waals surface area contributed by atoms with E-state index in [1.54, 1.807) is 6.26 Å². The average molecular weight is 153 g/mol. The number of fused-ring (bicyclic) bond motifs is 1. The minimum absolute atomic E-state index is 0.252. The molecule has 0 saturated heterocycles. The van der Waals surface area contributed by atoms with E-state index in [1.165, 1.54) is 0 Å². The molecule has 1 heterocycles. The van der Waals surface area contributed by atoms with E-state index in [4.69, 9.17) is 10.2 Å². The summed E-state index contributed by atoms with van der Waals surface area (Å²) in [6.45, 7) is 0. The van der Waals surface area contributed by atoms with Crippen LogP contribution in [0.1, 0.15) is 23.8 Å². The Hall–Kier alpha value is -0.800. The van der Waals surface area contributed by atoms with Gasteiger partial charge < -0.3 is 15.3 Å². The maximum absolute atomic E-state index is 9.38. The molecule has 3 nitrogen and oxygen atoms in total. The van der Waals surface area contributed by atoms with Crippen molar-refractivity contribution in [2.75, 3.05) is 0 Å². The van der Waals surface area contributed by atoms with Crippen LogP contribution in [0.5, 0.6) is 0 Å². The number of rotatable bonds is 0. The first-order valence-electron chi connectivity index (χ1n) is 3.79. The summed E-state index contributed by atoms with van der Waals surface area (Å²) in [4.78, 5) is 0. The molecular weight excluding hydrogens is 142 g/mol. The number of hydrogen-bond acceptors (Lipinski definition) is 3. The zero-order valence-electron chi connectivity index (χ0n) is 6.16. The zero-order chi connectivity index (χ0) is 7.84. The van der Waals surface area contributed by atoms with Gasteiger partial charge in [0.15, 0.2) is 0 Å². The van der Waals surface area contributed by atoms with E-state index in [1.807, 2.05) is 6.07 Å². The van der Waals surface area contributed by atoms with Gasteiger partial charge in [-0.05, 0) is 12.5 Å². The third-order valence-electron chi connectivity index (χ3n) is 2.22. The van der Waals surface area contributed by atoms with E-state index < -0.39 is 6.10 Å². The molecule has 1 aromatic rings. The summed E-state index contributed by atoms with van der Waals surface area (Å²) in [7, 11) is 0. The predicted octanol–water partition coefficient (Wildman–Crippen LogP) is 0.587. The summed E-state index contributed by atoms with van der Waals surface area (Å²) >= 11 is 0. The Kier molecular flexibility index (Phi) is 1.47. The zero-order valence-corrected chi connectivity index (χ0v) is 6.16. The lowest BCUT2D eigenvalue weighted by atomic mass is 9.92. The standard InChI is InChI=1S/C8H11NO2/c9-8-5-3-4-11-7(5)2-1-6(8)10/h3-4,6,8,10H,1-2,9H2. The summed E-state index contributed by atoms with van der Waals surface area (Å²) in [5.74, 6) is 0.933. The Morgan fingerprint density at radius 2 is 2.45 bits per heavy atom. The lowest BCUT2D eigenvalue weighted by molar-refractivity contribution is 0.124. The van der Waals surface area contributed by atoms with Crippen LogP contribution in [-0.2, 0) is 6.42 Å². The summed E-state index contributed by atoms with van der Waals surface area (Å²) < 4.78 is 5.18. The smallest absolute Gasteiger partial charge is 0.108 e. The van der Waals surface area contributed by atoms with E-state index >= 15 is 0 Å². The van der Waals surface area contributed by atoms with Crippen molar-refractivity contribution in [1.29, 1.82) is 0 Å². The minimum Gasteiger partial charge on any atom is -0.469 e. The van der Waals surface area contributed by atoms with Crippen molar-refractivity contribution >= 4 is 0 Å². The van der Waals surface area contributed by atoms with Crippen LogP contribution in [0.4, 0.5) is 0 Å². The van der Waals surface area contributed by atoms with Crippen molar-refractivity contribution < 1.29 is 9.52 Å². The molecular formula is C8H11NO2. The monoisotopic (exact) mass is 153 g/mol. The second kappa shape index (κ2) is 2.36. The van der Waals surface area contributed by atoms with Crippen LogP contribution in [0.25, 0.3) is 0 Å². The Bertz CT molecular complexity index is 256. The second-order valence-corrected chi connectivity index (χ2v) is 2.93. The van der Waals surface area contributed by atoms with E-state index in [0.29, 0.717) is 6.42 Å². The van der Waals surface area contributed by atoms with E-state index in [9.17, 15) is 5.11 Å². The van der Waals surface area contributed by atoms with Gasteiger partial charge in [0.05, 0.1) is 18.4 Å². The predicted molar refractivity (Wildman–Crippen MR) is 40.0 cm³/mol. The van der Waals surface area contributed by atoms with Gasteiger partial charge in [0.2, 0.25) is 0 Å². The van der Waals surface area contributed by atoms with Gasteiger partial charge in [-0.15, -0.1) is 0 Å². The number of hydrogen-bond donors (Lipinski definition) is 2. The van der Waals surface area contributed by atoms with Crippen molar-refractivity contribution in [3.05, 3.63) is 23.7 Å². The van der Waals surface area contributed by atoms with Gasteiger partial charge in [-0.3, -0.25) is 0 Å². The SMILES string of the molecule is NC1c2ccoc2CCC1O. The minimum atomic E-state index is -0.403. The van der Waals surface area contributed by atoms with Gasteiger partial charge in [0.1, 0.15) is 5.76 Å². The van der Waals surface area contributed by atoms with Crippen molar-refractivity contribution in [2.24, 2.45) is 5.73 Å². The van der Waals surface area contributed by atoms with Crippen LogP contribution in [0, 0.1) is 0 Å². The highest BCUT2D eigenvalue weighted by molar-refractivity contribution is 5.25. The van der Waals surface area contributed by atoms with Gasteiger partial charge in [-0.2, -0.15) is 0 Å². The molecule has 1 aromatic heterocycles. The average Bonchev–Trinajstić information content (AvgIpc) is 2.45. The largest absolute Gasteiger partial charge is 0.469 e. The molecule has 3 N–H and O–H groups in total. The third kappa shape index (κ3) is 0.968. The maximum Gasteiger partial charge on any atom is 0.108 e. The third-order valence-corrected chi connectivity index (χ3v) is 2.22. The fourth-order valence-corrected chi connectivity index (χ4v) is 1.52. The van der Waals surface area contributed by atoms with Crippen LogP contribution in [0.2, 0.25) is 0 Å². The number of aliphatic hydroxyl groups excluding tert-OH is 1. The molecule has 11 heavy (non-hydrogen) atoms. The highest BCUT2D eigenvalue weighted by Gasteiger charge is 2.26. The quantitative estimate of drug-likeness (QED) is 0.573. The molecule has 60 valence electrons. The number of aliphatic hydroxyl groups is 1. The fraction of sp³-hybridized carbons (Fsp3) is 0.500. The Morgan fingerprint density at radius 1 is 1.64 bits per heavy atom. The highest BCUT2D eigenvalue weighted by atomic mass is 16.3. The van der Waals surface area contributed by atoms with E-state index in [2.05, 4.69) is 0 Å². The molecule has 2 atom stereocenters. The molecule has 0 bridgehead atoms. The van der Waals surface area contributed by atoms with Crippen LogP contribution < -0.4 is 5.73 Å². The van der Waals surface area contributed by atoms with Crippen molar-refractivity contribution in [3.63, 3.8) is 0 Å². The van der Waals surface area contributed by atoms with Gasteiger partial charge in [0, 0.05) is 12.0 Å². The normalized spacial score (nSPS) is 30.0. The van der Waals surface area contributed by atoms with Crippen LogP contribution >= 0.6 is 0 Å². The van der Waals surface area contributed by atoms with E-state index in [-0.39, 0.29) is 6.04 Å². The summed E-state index contributed by atoms with van der Waals surface area (Å²) in [5, 5.41) is 9.38. The molecule has 2 rings (SSSR count). The van der Waals surface area contributed by atoms with Gasteiger partial charge >= 0.3 is 0 Å². The van der Waals surface area contributed by atoms with Crippen LogP contribution in [0.15, 0.2) is 16.7 Å². The van der Waals surface area contributed by atoms with E-state index in [0.717, 1.165) is 17.7 Å². The molecule has 1 aliphatic rings. The number of aryl methyl sites for hydroxylation is 1. The number of furan rings is 1. The van der Waals surface area contributed by atoms with Crippen molar-refractivity contribution in [1.82, 2.24) is 0 Å². The first-order chi connectivity index (χ1) is 5.29. The Morgan fingerprint density at radius 3 is 3.27 bits per heavy atom. The first kappa shape index (κ1) is 6.88. The Balaban J connectivity index is 2.38. The molecule has 1 aliphatic carbocycles. The Labute approximate surface area is 64.8 Å². The molecule has 0 saturated carbocycles. The van der Waals surface area contributed by atoms with Gasteiger partial charge in [-0.25, -0.2) is 0 Å². The lowest BCUT2D eigenvalue weighted by Crippen LogP contribution is -2.30. The fourth-order valence-electron chi connectivity index (χ4n) is 1.52. The first-order valence-corrected chi connectivity index (χ1v) is 3.79. The van der Waals surface area contributed by atoms with Gasteiger partial charge in [-0.1, -0.05) is 0 Å².